The zero-order valence-corrected chi connectivity index (χ0v) is 14.4. The Morgan fingerprint density at radius 1 is 1.27 bits per heavy atom. The van der Waals surface area contributed by atoms with E-state index in [0.717, 1.165) is 10.6 Å². The fourth-order valence-electron chi connectivity index (χ4n) is 1.70. The third-order valence-corrected chi connectivity index (χ3v) is 3.32. The van der Waals surface area contributed by atoms with Crippen molar-refractivity contribution in [3.05, 3.63) is 24.3 Å². The summed E-state index contributed by atoms with van der Waals surface area (Å²) >= 11 is 1.62. The van der Waals surface area contributed by atoms with Gasteiger partial charge in [-0.1, -0.05) is 6.07 Å². The number of benzene rings is 1. The van der Waals surface area contributed by atoms with Crippen LogP contribution in [0, 0.1) is 0 Å². The maximum absolute atomic E-state index is 11.7. The van der Waals surface area contributed by atoms with E-state index < -0.39 is 5.60 Å². The molecule has 1 rings (SSSR count). The van der Waals surface area contributed by atoms with Gasteiger partial charge in [0.1, 0.15) is 5.60 Å². The number of esters is 1. The molecule has 0 atom stereocenters. The maximum atomic E-state index is 11.7. The lowest BCUT2D eigenvalue weighted by molar-refractivity contribution is -0.154. The van der Waals surface area contributed by atoms with Crippen molar-refractivity contribution in [3.63, 3.8) is 0 Å². The molecule has 0 saturated heterocycles. The molecule has 1 aromatic carbocycles. The zero-order chi connectivity index (χ0) is 16.6. The molecule has 0 bridgehead atoms. The van der Waals surface area contributed by atoms with Crippen LogP contribution in [0.15, 0.2) is 29.2 Å². The molecular formula is C16H24N2O3S. The number of nitrogens with one attached hydrogen (secondary N) is 2. The minimum atomic E-state index is -0.468. The molecule has 5 nitrogen and oxygen atoms in total. The fourth-order valence-corrected chi connectivity index (χ4v) is 2.16. The molecule has 0 aliphatic carbocycles. The van der Waals surface area contributed by atoms with Crippen LogP contribution in [0.2, 0.25) is 0 Å². The molecule has 22 heavy (non-hydrogen) atoms. The topological polar surface area (TPSA) is 67.4 Å². The summed E-state index contributed by atoms with van der Waals surface area (Å²) in [5.41, 5.74) is 0.279. The van der Waals surface area contributed by atoms with Crippen LogP contribution in [0.25, 0.3) is 0 Å². The van der Waals surface area contributed by atoms with Crippen LogP contribution in [0.1, 0.15) is 33.6 Å². The molecule has 2 amide bonds. The molecule has 122 valence electrons. The van der Waals surface area contributed by atoms with Crippen LogP contribution in [0.5, 0.6) is 0 Å². The highest BCUT2D eigenvalue weighted by Gasteiger charge is 2.15. The quantitative estimate of drug-likeness (QED) is 0.476. The number of ether oxygens (including phenoxy) is 1. The van der Waals surface area contributed by atoms with Crippen molar-refractivity contribution in [2.75, 3.05) is 18.1 Å². The molecule has 0 unspecified atom stereocenters. The van der Waals surface area contributed by atoms with E-state index >= 15 is 0 Å². The summed E-state index contributed by atoms with van der Waals surface area (Å²) in [6, 6.07) is 7.34. The first kappa shape index (κ1) is 18.4. The van der Waals surface area contributed by atoms with Crippen LogP contribution < -0.4 is 10.6 Å². The van der Waals surface area contributed by atoms with Gasteiger partial charge in [-0.15, -0.1) is 11.8 Å². The second-order valence-corrected chi connectivity index (χ2v) is 6.68. The molecule has 0 aliphatic heterocycles. The van der Waals surface area contributed by atoms with Crippen molar-refractivity contribution in [1.29, 1.82) is 0 Å². The average Bonchev–Trinajstić information content (AvgIpc) is 2.42. The Morgan fingerprint density at radius 3 is 2.64 bits per heavy atom. The van der Waals surface area contributed by atoms with Crippen LogP contribution in [-0.4, -0.2) is 30.4 Å². The molecule has 0 fully saturated rings. The van der Waals surface area contributed by atoms with Gasteiger partial charge in [-0.2, -0.15) is 0 Å². The van der Waals surface area contributed by atoms with Crippen molar-refractivity contribution in [3.8, 4) is 0 Å². The Balaban J connectivity index is 2.25. The number of urea groups is 1. The third kappa shape index (κ3) is 7.93. The highest BCUT2D eigenvalue weighted by atomic mass is 32.2. The van der Waals surface area contributed by atoms with Crippen molar-refractivity contribution in [2.24, 2.45) is 0 Å². The lowest BCUT2D eigenvalue weighted by atomic mass is 10.2. The van der Waals surface area contributed by atoms with Gasteiger partial charge in [-0.25, -0.2) is 4.79 Å². The number of hydrogen-bond donors (Lipinski definition) is 2. The smallest absolute Gasteiger partial charge is 0.319 e. The number of carbonyl (C=O) groups is 2. The molecule has 0 spiro atoms. The number of anilines is 1. The number of thioether (sulfide) groups is 1. The summed E-state index contributed by atoms with van der Waals surface area (Å²) in [4.78, 5) is 24.3. The molecule has 0 heterocycles. The number of amides is 2. The van der Waals surface area contributed by atoms with E-state index in [-0.39, 0.29) is 12.0 Å². The van der Waals surface area contributed by atoms with Gasteiger partial charge in [0.25, 0.3) is 0 Å². The van der Waals surface area contributed by atoms with Crippen LogP contribution in [-0.2, 0) is 9.53 Å². The molecule has 0 radical (unpaired) electrons. The van der Waals surface area contributed by atoms with E-state index in [4.69, 9.17) is 4.74 Å². The Kier molecular flexibility index (Phi) is 7.24. The first-order valence-corrected chi connectivity index (χ1v) is 8.43. The molecule has 0 aliphatic rings. The normalized spacial score (nSPS) is 10.9. The van der Waals surface area contributed by atoms with Gasteiger partial charge in [0, 0.05) is 23.5 Å². The number of rotatable bonds is 6. The van der Waals surface area contributed by atoms with E-state index in [1.807, 2.05) is 51.3 Å². The summed E-state index contributed by atoms with van der Waals surface area (Å²) < 4.78 is 5.20. The second kappa shape index (κ2) is 8.68. The highest BCUT2D eigenvalue weighted by Crippen LogP contribution is 2.18. The molecule has 6 heteroatoms. The Bertz CT molecular complexity index is 512. The first-order chi connectivity index (χ1) is 10.3. The van der Waals surface area contributed by atoms with Crippen LogP contribution >= 0.6 is 11.8 Å². The first-order valence-electron chi connectivity index (χ1n) is 7.21. The summed E-state index contributed by atoms with van der Waals surface area (Å²) in [5, 5.41) is 5.49. The minimum Gasteiger partial charge on any atom is -0.460 e. The highest BCUT2D eigenvalue weighted by molar-refractivity contribution is 7.98. The van der Waals surface area contributed by atoms with Crippen molar-refractivity contribution in [1.82, 2.24) is 5.32 Å². The van der Waals surface area contributed by atoms with Gasteiger partial charge in [0.2, 0.25) is 0 Å². The zero-order valence-electron chi connectivity index (χ0n) is 13.6. The van der Waals surface area contributed by atoms with Crippen molar-refractivity contribution in [2.45, 2.75) is 44.1 Å². The third-order valence-electron chi connectivity index (χ3n) is 2.59. The van der Waals surface area contributed by atoms with Crippen molar-refractivity contribution >= 4 is 29.4 Å². The average molecular weight is 324 g/mol. The fraction of sp³-hybridized carbons (Fsp3) is 0.500. The van der Waals surface area contributed by atoms with Gasteiger partial charge < -0.3 is 15.4 Å². The van der Waals surface area contributed by atoms with E-state index in [1.165, 1.54) is 0 Å². The second-order valence-electron chi connectivity index (χ2n) is 5.80. The molecule has 0 saturated carbocycles. The molecule has 0 aromatic heterocycles. The molecule has 1 aromatic rings. The lowest BCUT2D eigenvalue weighted by Gasteiger charge is -2.19. The Hall–Kier alpha value is -1.69. The van der Waals surface area contributed by atoms with E-state index in [1.54, 1.807) is 11.8 Å². The van der Waals surface area contributed by atoms with Gasteiger partial charge in [-0.3, -0.25) is 4.79 Å². The monoisotopic (exact) mass is 324 g/mol. The largest absolute Gasteiger partial charge is 0.460 e. The predicted molar refractivity (Wildman–Crippen MR) is 90.3 cm³/mol. The SMILES string of the molecule is CSc1cccc(NC(=O)NCCCC(=O)OC(C)(C)C)c1. The van der Waals surface area contributed by atoms with E-state index in [2.05, 4.69) is 10.6 Å². The van der Waals surface area contributed by atoms with E-state index in [9.17, 15) is 9.59 Å². The summed E-state index contributed by atoms with van der Waals surface area (Å²) in [5.74, 6) is -0.248. The Morgan fingerprint density at radius 2 is 2.00 bits per heavy atom. The predicted octanol–water partition coefficient (Wildman–Crippen LogP) is 3.65. The summed E-state index contributed by atoms with van der Waals surface area (Å²) in [6.07, 6.45) is 2.82. The number of hydrogen-bond acceptors (Lipinski definition) is 4. The molecular weight excluding hydrogens is 300 g/mol. The minimum absolute atomic E-state index is 0.248. The number of carbonyl (C=O) groups excluding carboxylic acids is 2. The van der Waals surface area contributed by atoms with Crippen LogP contribution in [0.3, 0.4) is 0 Å². The lowest BCUT2D eigenvalue weighted by Crippen LogP contribution is -2.30. The maximum Gasteiger partial charge on any atom is 0.319 e. The van der Waals surface area contributed by atoms with Crippen LogP contribution in [0.4, 0.5) is 10.5 Å². The van der Waals surface area contributed by atoms with E-state index in [0.29, 0.717) is 19.4 Å². The Labute approximate surface area is 136 Å². The van der Waals surface area contributed by atoms with Gasteiger partial charge >= 0.3 is 12.0 Å². The standard InChI is InChI=1S/C16H24N2O3S/c1-16(2,3)21-14(19)9-6-10-17-15(20)18-12-7-5-8-13(11-12)22-4/h5,7-8,11H,6,9-10H2,1-4H3,(H2,17,18,20). The van der Waals surface area contributed by atoms with Gasteiger partial charge in [0.05, 0.1) is 0 Å². The van der Waals surface area contributed by atoms with Gasteiger partial charge in [-0.05, 0) is 51.6 Å². The summed E-state index contributed by atoms with van der Waals surface area (Å²) in [6.45, 7) is 5.92. The molecule has 2 N–H and O–H groups in total. The van der Waals surface area contributed by atoms with Crippen molar-refractivity contribution < 1.29 is 14.3 Å². The van der Waals surface area contributed by atoms with Gasteiger partial charge in [0.15, 0.2) is 0 Å². The summed E-state index contributed by atoms with van der Waals surface area (Å²) in [7, 11) is 0.